The smallest absolute Gasteiger partial charge is 0.0845 e. The predicted molar refractivity (Wildman–Crippen MR) is 60.5 cm³/mol. The zero-order valence-corrected chi connectivity index (χ0v) is 9.62. The van der Waals surface area contributed by atoms with Gasteiger partial charge in [0.2, 0.25) is 0 Å². The van der Waals surface area contributed by atoms with Gasteiger partial charge in [-0.25, -0.2) is 0 Å². The predicted octanol–water partition coefficient (Wildman–Crippen LogP) is 2.48. The average molecular weight is 206 g/mol. The highest BCUT2D eigenvalue weighted by Crippen LogP contribution is 2.23. The van der Waals surface area contributed by atoms with Crippen LogP contribution in [0.25, 0.3) is 0 Å². The van der Waals surface area contributed by atoms with Crippen LogP contribution in [0.1, 0.15) is 42.8 Å². The highest BCUT2D eigenvalue weighted by Gasteiger charge is 2.12. The molecular formula is C12H18N2O. The molecule has 15 heavy (non-hydrogen) atoms. The summed E-state index contributed by atoms with van der Waals surface area (Å²) in [5.74, 6) is 0. The minimum atomic E-state index is -0.508. The first-order valence-corrected chi connectivity index (χ1v) is 5.20. The topological polar surface area (TPSA) is 46.0 Å². The van der Waals surface area contributed by atoms with Crippen molar-refractivity contribution in [2.45, 2.75) is 39.7 Å². The van der Waals surface area contributed by atoms with Gasteiger partial charge in [0.15, 0.2) is 0 Å². The van der Waals surface area contributed by atoms with E-state index in [-0.39, 0.29) is 0 Å². The summed E-state index contributed by atoms with van der Waals surface area (Å²) in [5, 5.41) is 17.9. The number of nitrogens with zero attached hydrogens (tertiary/aromatic N) is 2. The van der Waals surface area contributed by atoms with E-state index in [4.69, 9.17) is 0 Å². The average Bonchev–Trinajstić information content (AvgIpc) is 2.21. The van der Waals surface area contributed by atoms with Gasteiger partial charge in [0.05, 0.1) is 17.5 Å². The van der Waals surface area contributed by atoms with E-state index in [9.17, 15) is 5.11 Å². The third-order valence-electron chi connectivity index (χ3n) is 2.48. The van der Waals surface area contributed by atoms with Crippen LogP contribution in [0, 0.1) is 13.8 Å². The normalized spacial score (nSPS) is 12.5. The lowest BCUT2D eigenvalue weighted by Gasteiger charge is -2.13. The van der Waals surface area contributed by atoms with Crippen molar-refractivity contribution in [2.75, 3.05) is 0 Å². The standard InChI is InChI=1S/C12H18N2O/c1-5-8(2)6-12(15)11-7-9(3)13-14-10(11)4/h7,12,15H,2,5-6H2,1,3-4H3. The van der Waals surface area contributed by atoms with Crippen LogP contribution < -0.4 is 0 Å². The van der Waals surface area contributed by atoms with Crippen molar-refractivity contribution in [1.29, 1.82) is 0 Å². The molecule has 0 radical (unpaired) electrons. The number of rotatable bonds is 4. The maximum absolute atomic E-state index is 10.00. The van der Waals surface area contributed by atoms with Crippen molar-refractivity contribution < 1.29 is 5.11 Å². The lowest BCUT2D eigenvalue weighted by molar-refractivity contribution is 0.176. The molecule has 1 aromatic heterocycles. The number of hydrogen-bond donors (Lipinski definition) is 1. The Kier molecular flexibility index (Phi) is 3.97. The second-order valence-corrected chi connectivity index (χ2v) is 3.85. The maximum atomic E-state index is 10.00. The number of hydrogen-bond acceptors (Lipinski definition) is 3. The van der Waals surface area contributed by atoms with Gasteiger partial charge in [-0.1, -0.05) is 19.1 Å². The molecule has 1 heterocycles. The zero-order valence-electron chi connectivity index (χ0n) is 9.62. The summed E-state index contributed by atoms with van der Waals surface area (Å²) in [4.78, 5) is 0. The Morgan fingerprint density at radius 3 is 2.73 bits per heavy atom. The number of aliphatic hydroxyl groups is 1. The van der Waals surface area contributed by atoms with Crippen LogP contribution in [0.4, 0.5) is 0 Å². The van der Waals surface area contributed by atoms with Gasteiger partial charge < -0.3 is 5.11 Å². The lowest BCUT2D eigenvalue weighted by Crippen LogP contribution is -2.05. The first-order chi connectivity index (χ1) is 7.04. The zero-order chi connectivity index (χ0) is 11.4. The Balaban J connectivity index is 2.85. The summed E-state index contributed by atoms with van der Waals surface area (Å²) in [6.45, 7) is 9.67. The molecule has 0 spiro atoms. The van der Waals surface area contributed by atoms with E-state index in [1.807, 2.05) is 26.8 Å². The van der Waals surface area contributed by atoms with Gasteiger partial charge in [0, 0.05) is 5.56 Å². The molecule has 1 atom stereocenters. The Morgan fingerprint density at radius 2 is 2.13 bits per heavy atom. The molecule has 0 saturated carbocycles. The molecule has 0 aromatic carbocycles. The van der Waals surface area contributed by atoms with Gasteiger partial charge in [0.1, 0.15) is 0 Å². The molecule has 0 saturated heterocycles. The van der Waals surface area contributed by atoms with Crippen molar-refractivity contribution in [2.24, 2.45) is 0 Å². The van der Waals surface area contributed by atoms with Gasteiger partial charge in [-0.15, -0.1) is 0 Å². The summed E-state index contributed by atoms with van der Waals surface area (Å²) < 4.78 is 0. The van der Waals surface area contributed by atoms with Crippen LogP contribution in [0.3, 0.4) is 0 Å². The number of aromatic nitrogens is 2. The van der Waals surface area contributed by atoms with Gasteiger partial charge in [-0.3, -0.25) is 0 Å². The fourth-order valence-electron chi connectivity index (χ4n) is 1.44. The first-order valence-electron chi connectivity index (χ1n) is 5.20. The van der Waals surface area contributed by atoms with Crippen LogP contribution >= 0.6 is 0 Å². The molecule has 1 rings (SSSR count). The largest absolute Gasteiger partial charge is 0.388 e. The maximum Gasteiger partial charge on any atom is 0.0845 e. The van der Waals surface area contributed by atoms with Gasteiger partial charge >= 0.3 is 0 Å². The molecule has 0 fully saturated rings. The van der Waals surface area contributed by atoms with Gasteiger partial charge in [-0.2, -0.15) is 10.2 Å². The monoisotopic (exact) mass is 206 g/mol. The molecule has 1 aromatic rings. The van der Waals surface area contributed by atoms with E-state index in [0.717, 1.165) is 28.9 Å². The molecule has 1 unspecified atom stereocenters. The summed E-state index contributed by atoms with van der Waals surface area (Å²) in [7, 11) is 0. The molecule has 82 valence electrons. The Bertz CT molecular complexity index is 361. The first kappa shape index (κ1) is 11.9. The highest BCUT2D eigenvalue weighted by molar-refractivity contribution is 5.23. The SMILES string of the molecule is C=C(CC)CC(O)c1cc(C)nnc1C. The van der Waals surface area contributed by atoms with E-state index in [0.29, 0.717) is 6.42 Å². The van der Waals surface area contributed by atoms with Crippen molar-refractivity contribution in [3.8, 4) is 0 Å². The lowest BCUT2D eigenvalue weighted by atomic mass is 10.00. The third kappa shape index (κ3) is 3.13. The number of aryl methyl sites for hydroxylation is 2. The van der Waals surface area contributed by atoms with E-state index in [1.54, 1.807) is 0 Å². The molecule has 3 heteroatoms. The summed E-state index contributed by atoms with van der Waals surface area (Å²) in [6, 6.07) is 1.88. The molecular weight excluding hydrogens is 188 g/mol. The Labute approximate surface area is 90.9 Å². The highest BCUT2D eigenvalue weighted by atomic mass is 16.3. The summed E-state index contributed by atoms with van der Waals surface area (Å²) >= 11 is 0. The van der Waals surface area contributed by atoms with E-state index >= 15 is 0 Å². The van der Waals surface area contributed by atoms with Crippen LogP contribution in [-0.4, -0.2) is 15.3 Å². The van der Waals surface area contributed by atoms with Crippen molar-refractivity contribution in [1.82, 2.24) is 10.2 Å². The molecule has 0 aliphatic carbocycles. The van der Waals surface area contributed by atoms with Gasteiger partial charge in [0.25, 0.3) is 0 Å². The third-order valence-corrected chi connectivity index (χ3v) is 2.48. The van der Waals surface area contributed by atoms with E-state index < -0.39 is 6.10 Å². The Morgan fingerprint density at radius 1 is 1.47 bits per heavy atom. The molecule has 1 N–H and O–H groups in total. The van der Waals surface area contributed by atoms with Crippen molar-refractivity contribution in [3.63, 3.8) is 0 Å². The minimum absolute atomic E-state index is 0.508. The minimum Gasteiger partial charge on any atom is -0.388 e. The number of aliphatic hydroxyl groups excluding tert-OH is 1. The fraction of sp³-hybridized carbons (Fsp3) is 0.500. The second-order valence-electron chi connectivity index (χ2n) is 3.85. The quantitative estimate of drug-likeness (QED) is 0.770. The fourth-order valence-corrected chi connectivity index (χ4v) is 1.44. The van der Waals surface area contributed by atoms with E-state index in [2.05, 4.69) is 16.8 Å². The molecule has 0 aliphatic heterocycles. The second kappa shape index (κ2) is 5.03. The van der Waals surface area contributed by atoms with Crippen molar-refractivity contribution >= 4 is 0 Å². The van der Waals surface area contributed by atoms with Crippen LogP contribution in [0.15, 0.2) is 18.2 Å². The van der Waals surface area contributed by atoms with Gasteiger partial charge in [-0.05, 0) is 32.8 Å². The van der Waals surface area contributed by atoms with Crippen LogP contribution in [0.5, 0.6) is 0 Å². The summed E-state index contributed by atoms with van der Waals surface area (Å²) in [6.07, 6.45) is 0.988. The van der Waals surface area contributed by atoms with Crippen LogP contribution in [0.2, 0.25) is 0 Å². The van der Waals surface area contributed by atoms with Crippen molar-refractivity contribution in [3.05, 3.63) is 35.2 Å². The molecule has 0 amide bonds. The van der Waals surface area contributed by atoms with Crippen LogP contribution in [-0.2, 0) is 0 Å². The summed E-state index contributed by atoms with van der Waals surface area (Å²) in [5.41, 5.74) is 3.53. The van der Waals surface area contributed by atoms with E-state index in [1.165, 1.54) is 0 Å². The Hall–Kier alpha value is -1.22. The molecule has 0 bridgehead atoms. The molecule has 3 nitrogen and oxygen atoms in total. The molecule has 0 aliphatic rings.